The Hall–Kier alpha value is -0.990. The molecule has 1 heterocycles. The molecular weight excluding hydrogens is 186 g/mol. The molecule has 1 N–H and O–H groups in total. The highest BCUT2D eigenvalue weighted by Crippen LogP contribution is 2.29. The predicted molar refractivity (Wildman–Crippen MR) is 62.8 cm³/mol. The maximum absolute atomic E-state index is 4.36. The van der Waals surface area contributed by atoms with E-state index < -0.39 is 0 Å². The number of aryl methyl sites for hydroxylation is 1. The van der Waals surface area contributed by atoms with Crippen molar-refractivity contribution in [2.75, 3.05) is 5.32 Å². The van der Waals surface area contributed by atoms with Gasteiger partial charge in [0.2, 0.25) is 0 Å². The first-order chi connectivity index (χ1) is 7.13. The summed E-state index contributed by atoms with van der Waals surface area (Å²) in [6, 6.07) is 2.66. The monoisotopic (exact) mass is 207 g/mol. The Labute approximate surface area is 91.9 Å². The fourth-order valence-electron chi connectivity index (χ4n) is 2.77. The standard InChI is InChI=1S/C12H21N3/c1-9-6-10(2)8-11(7-9)13-12-4-5-15(3)14-12/h4-5,9-11H,6-8H2,1-3H3,(H,13,14)/t9-,10+,11?. The minimum atomic E-state index is 0.610. The van der Waals surface area contributed by atoms with Gasteiger partial charge in [-0.3, -0.25) is 4.68 Å². The van der Waals surface area contributed by atoms with Gasteiger partial charge in [-0.15, -0.1) is 0 Å². The number of aromatic nitrogens is 2. The summed E-state index contributed by atoms with van der Waals surface area (Å²) in [5.74, 6) is 2.70. The second kappa shape index (κ2) is 4.25. The first-order valence-corrected chi connectivity index (χ1v) is 5.89. The lowest BCUT2D eigenvalue weighted by atomic mass is 9.80. The van der Waals surface area contributed by atoms with Gasteiger partial charge in [-0.05, 0) is 31.1 Å². The summed E-state index contributed by atoms with van der Waals surface area (Å²) in [6.45, 7) is 4.70. The maximum atomic E-state index is 4.36. The SMILES string of the molecule is C[C@@H]1CC(Nc2ccn(C)n2)C[C@H](C)C1. The van der Waals surface area contributed by atoms with Crippen LogP contribution in [0.2, 0.25) is 0 Å². The molecule has 0 aromatic carbocycles. The molecule has 0 amide bonds. The Kier molecular flexibility index (Phi) is 2.98. The van der Waals surface area contributed by atoms with Crippen molar-refractivity contribution in [3.05, 3.63) is 12.3 Å². The summed E-state index contributed by atoms with van der Waals surface area (Å²) >= 11 is 0. The van der Waals surface area contributed by atoms with Crippen LogP contribution in [0.3, 0.4) is 0 Å². The second-order valence-electron chi connectivity index (χ2n) is 5.13. The average Bonchev–Trinajstić information content (AvgIpc) is 2.49. The Balaban J connectivity index is 1.94. The smallest absolute Gasteiger partial charge is 0.148 e. The van der Waals surface area contributed by atoms with Crippen LogP contribution in [0.15, 0.2) is 12.3 Å². The molecule has 1 aromatic rings. The molecule has 3 atom stereocenters. The molecule has 3 nitrogen and oxygen atoms in total. The largest absolute Gasteiger partial charge is 0.366 e. The number of rotatable bonds is 2. The summed E-state index contributed by atoms with van der Waals surface area (Å²) in [4.78, 5) is 0. The van der Waals surface area contributed by atoms with E-state index >= 15 is 0 Å². The van der Waals surface area contributed by atoms with E-state index in [0.29, 0.717) is 6.04 Å². The maximum Gasteiger partial charge on any atom is 0.148 e. The van der Waals surface area contributed by atoms with Crippen molar-refractivity contribution in [2.45, 2.75) is 39.2 Å². The molecule has 0 spiro atoms. The lowest BCUT2D eigenvalue weighted by Crippen LogP contribution is -2.30. The van der Waals surface area contributed by atoms with E-state index in [1.807, 2.05) is 24.0 Å². The van der Waals surface area contributed by atoms with E-state index in [2.05, 4.69) is 24.3 Å². The number of anilines is 1. The summed E-state index contributed by atoms with van der Waals surface area (Å²) in [7, 11) is 1.96. The highest BCUT2D eigenvalue weighted by Gasteiger charge is 2.23. The van der Waals surface area contributed by atoms with Gasteiger partial charge in [0, 0.05) is 25.4 Å². The third-order valence-corrected chi connectivity index (χ3v) is 3.24. The van der Waals surface area contributed by atoms with Crippen molar-refractivity contribution in [3.8, 4) is 0 Å². The first-order valence-electron chi connectivity index (χ1n) is 5.89. The Morgan fingerprint density at radius 3 is 2.47 bits per heavy atom. The summed E-state index contributed by atoms with van der Waals surface area (Å²) < 4.78 is 1.85. The number of hydrogen-bond acceptors (Lipinski definition) is 2. The quantitative estimate of drug-likeness (QED) is 0.808. The lowest BCUT2D eigenvalue weighted by molar-refractivity contribution is 0.280. The average molecular weight is 207 g/mol. The highest BCUT2D eigenvalue weighted by atomic mass is 15.3. The van der Waals surface area contributed by atoms with Gasteiger partial charge in [-0.25, -0.2) is 0 Å². The van der Waals surface area contributed by atoms with Gasteiger partial charge in [0.15, 0.2) is 0 Å². The van der Waals surface area contributed by atoms with Crippen LogP contribution in [0, 0.1) is 11.8 Å². The van der Waals surface area contributed by atoms with E-state index in [1.54, 1.807) is 0 Å². The Morgan fingerprint density at radius 1 is 1.27 bits per heavy atom. The van der Waals surface area contributed by atoms with E-state index in [-0.39, 0.29) is 0 Å². The van der Waals surface area contributed by atoms with Crippen molar-refractivity contribution >= 4 is 5.82 Å². The van der Waals surface area contributed by atoms with E-state index in [9.17, 15) is 0 Å². The van der Waals surface area contributed by atoms with Crippen LogP contribution >= 0.6 is 0 Å². The van der Waals surface area contributed by atoms with Crippen LogP contribution in [-0.4, -0.2) is 15.8 Å². The third-order valence-electron chi connectivity index (χ3n) is 3.24. The first kappa shape index (κ1) is 10.5. The van der Waals surface area contributed by atoms with Crippen molar-refractivity contribution < 1.29 is 0 Å². The second-order valence-corrected chi connectivity index (χ2v) is 5.13. The van der Waals surface area contributed by atoms with Crippen LogP contribution in [0.4, 0.5) is 5.82 Å². The molecule has 3 heteroatoms. The molecule has 1 fully saturated rings. The number of nitrogens with zero attached hydrogens (tertiary/aromatic N) is 2. The van der Waals surface area contributed by atoms with E-state index in [1.165, 1.54) is 19.3 Å². The summed E-state index contributed by atoms with van der Waals surface area (Å²) in [5, 5.41) is 7.89. The Bertz CT molecular complexity index is 308. The lowest BCUT2D eigenvalue weighted by Gasteiger charge is -2.31. The van der Waals surface area contributed by atoms with Crippen molar-refractivity contribution in [1.29, 1.82) is 0 Å². The minimum absolute atomic E-state index is 0.610. The fourth-order valence-corrected chi connectivity index (χ4v) is 2.77. The van der Waals surface area contributed by atoms with Crippen molar-refractivity contribution in [3.63, 3.8) is 0 Å². The topological polar surface area (TPSA) is 29.9 Å². The minimum Gasteiger partial charge on any atom is -0.366 e. The van der Waals surface area contributed by atoms with E-state index in [0.717, 1.165) is 17.7 Å². The van der Waals surface area contributed by atoms with Crippen LogP contribution in [-0.2, 0) is 7.05 Å². The van der Waals surface area contributed by atoms with Gasteiger partial charge in [-0.2, -0.15) is 5.10 Å². The molecule has 2 rings (SSSR count). The molecule has 0 bridgehead atoms. The molecule has 1 unspecified atom stereocenters. The number of nitrogens with one attached hydrogen (secondary N) is 1. The van der Waals surface area contributed by atoms with Crippen LogP contribution < -0.4 is 5.32 Å². The third kappa shape index (κ3) is 2.74. The van der Waals surface area contributed by atoms with Crippen LogP contribution in [0.25, 0.3) is 0 Å². The van der Waals surface area contributed by atoms with Gasteiger partial charge < -0.3 is 5.32 Å². The molecular formula is C12H21N3. The number of hydrogen-bond donors (Lipinski definition) is 1. The van der Waals surface area contributed by atoms with Gasteiger partial charge in [-0.1, -0.05) is 13.8 Å². The van der Waals surface area contributed by atoms with Crippen molar-refractivity contribution in [2.24, 2.45) is 18.9 Å². The molecule has 1 aromatic heterocycles. The zero-order valence-electron chi connectivity index (χ0n) is 9.90. The normalized spacial score (nSPS) is 31.5. The van der Waals surface area contributed by atoms with Crippen LogP contribution in [0.5, 0.6) is 0 Å². The van der Waals surface area contributed by atoms with E-state index in [4.69, 9.17) is 0 Å². The van der Waals surface area contributed by atoms with Gasteiger partial charge in [0.25, 0.3) is 0 Å². The molecule has 1 aliphatic carbocycles. The fraction of sp³-hybridized carbons (Fsp3) is 0.750. The Morgan fingerprint density at radius 2 is 1.93 bits per heavy atom. The van der Waals surface area contributed by atoms with Gasteiger partial charge >= 0.3 is 0 Å². The van der Waals surface area contributed by atoms with Crippen LogP contribution in [0.1, 0.15) is 33.1 Å². The predicted octanol–water partition coefficient (Wildman–Crippen LogP) is 2.66. The zero-order chi connectivity index (χ0) is 10.8. The highest BCUT2D eigenvalue weighted by molar-refractivity contribution is 5.33. The molecule has 0 saturated heterocycles. The summed E-state index contributed by atoms with van der Waals surface area (Å²) in [6.07, 6.45) is 5.92. The van der Waals surface area contributed by atoms with Crippen molar-refractivity contribution in [1.82, 2.24) is 9.78 Å². The molecule has 1 aliphatic rings. The molecule has 0 aliphatic heterocycles. The molecule has 1 saturated carbocycles. The molecule has 84 valence electrons. The summed E-state index contributed by atoms with van der Waals surface area (Å²) in [5.41, 5.74) is 0. The van der Waals surface area contributed by atoms with Gasteiger partial charge in [0.05, 0.1) is 0 Å². The van der Waals surface area contributed by atoms with Gasteiger partial charge in [0.1, 0.15) is 5.82 Å². The zero-order valence-corrected chi connectivity index (χ0v) is 9.90. The molecule has 15 heavy (non-hydrogen) atoms. The molecule has 0 radical (unpaired) electrons.